The van der Waals surface area contributed by atoms with E-state index in [1.54, 1.807) is 0 Å². The van der Waals surface area contributed by atoms with E-state index < -0.39 is 0 Å². The summed E-state index contributed by atoms with van der Waals surface area (Å²) in [6, 6.07) is 0. The number of hydrogen-bond acceptors (Lipinski definition) is 4. The van der Waals surface area contributed by atoms with Gasteiger partial charge in [-0.15, -0.1) is 0 Å². The molecule has 0 spiro atoms. The van der Waals surface area contributed by atoms with Crippen LogP contribution in [0.25, 0.3) is 0 Å². The molecular formula is C10H13NO2S. The van der Waals surface area contributed by atoms with Gasteiger partial charge in [-0.25, -0.2) is 4.98 Å². The van der Waals surface area contributed by atoms with Crippen LogP contribution < -0.4 is 0 Å². The van der Waals surface area contributed by atoms with Crippen molar-refractivity contribution in [2.45, 2.75) is 19.8 Å². The Balaban J connectivity index is 1.98. The van der Waals surface area contributed by atoms with Gasteiger partial charge in [-0.05, 0) is 23.8 Å². The van der Waals surface area contributed by atoms with E-state index in [1.165, 1.54) is 31.0 Å². The van der Waals surface area contributed by atoms with Crippen LogP contribution in [0.1, 0.15) is 29.8 Å². The third-order valence-corrected chi connectivity index (χ3v) is 3.62. The second kappa shape index (κ2) is 4.17. The first-order chi connectivity index (χ1) is 6.75. The smallest absolute Gasteiger partial charge is 0.196 e. The molecule has 4 heteroatoms. The highest BCUT2D eigenvalue weighted by Gasteiger charge is 2.18. The van der Waals surface area contributed by atoms with Gasteiger partial charge in [0.15, 0.2) is 17.4 Å². The van der Waals surface area contributed by atoms with Gasteiger partial charge >= 0.3 is 0 Å². The first-order valence-electron chi connectivity index (χ1n) is 4.79. The third-order valence-electron chi connectivity index (χ3n) is 2.39. The molecule has 0 saturated carbocycles. The topological polar surface area (TPSA) is 43.1 Å². The zero-order valence-electron chi connectivity index (χ0n) is 8.16. The fourth-order valence-corrected chi connectivity index (χ4v) is 2.84. The van der Waals surface area contributed by atoms with Gasteiger partial charge in [0, 0.05) is 13.3 Å². The van der Waals surface area contributed by atoms with Crippen LogP contribution >= 0.6 is 11.8 Å². The predicted molar refractivity (Wildman–Crippen MR) is 55.6 cm³/mol. The highest BCUT2D eigenvalue weighted by molar-refractivity contribution is 7.99. The monoisotopic (exact) mass is 211 g/mol. The Labute approximate surface area is 87.3 Å². The molecule has 0 aliphatic carbocycles. The van der Waals surface area contributed by atoms with Crippen molar-refractivity contribution >= 4 is 17.5 Å². The van der Waals surface area contributed by atoms with Crippen molar-refractivity contribution in [2.24, 2.45) is 5.92 Å². The van der Waals surface area contributed by atoms with Gasteiger partial charge in [0.2, 0.25) is 0 Å². The van der Waals surface area contributed by atoms with E-state index in [-0.39, 0.29) is 5.78 Å². The van der Waals surface area contributed by atoms with E-state index in [2.05, 4.69) is 4.98 Å². The van der Waals surface area contributed by atoms with Crippen LogP contribution in [0.2, 0.25) is 0 Å². The lowest BCUT2D eigenvalue weighted by atomic mass is 10.1. The fraction of sp³-hybridized carbons (Fsp3) is 0.600. The molecule has 0 aromatic carbocycles. The predicted octanol–water partition coefficient (Wildman–Crippen LogP) is 2.17. The Hall–Kier alpha value is -0.770. The number of nitrogens with zero attached hydrogens (tertiary/aromatic N) is 1. The van der Waals surface area contributed by atoms with Gasteiger partial charge in [0.1, 0.15) is 0 Å². The van der Waals surface area contributed by atoms with Crippen LogP contribution in [-0.2, 0) is 6.42 Å². The molecule has 1 atom stereocenters. The number of ketones is 1. The molecule has 0 radical (unpaired) electrons. The van der Waals surface area contributed by atoms with Crippen LogP contribution in [-0.4, -0.2) is 22.3 Å². The van der Waals surface area contributed by atoms with E-state index in [0.717, 1.165) is 6.42 Å². The number of carbonyl (C=O) groups excluding carboxylic acids is 1. The van der Waals surface area contributed by atoms with Crippen molar-refractivity contribution in [1.82, 2.24) is 4.98 Å². The van der Waals surface area contributed by atoms with E-state index >= 15 is 0 Å². The number of thioether (sulfide) groups is 1. The minimum absolute atomic E-state index is 0.0513. The molecular weight excluding hydrogens is 198 g/mol. The Kier molecular flexibility index (Phi) is 2.91. The highest BCUT2D eigenvalue weighted by atomic mass is 32.2. The second-order valence-corrected chi connectivity index (χ2v) is 4.76. The number of oxazole rings is 1. The largest absolute Gasteiger partial charge is 0.438 e. The SMILES string of the molecule is CC(=O)c1cnc(CC2CCSC2)o1. The lowest BCUT2D eigenvalue weighted by molar-refractivity contribution is 0.0985. The highest BCUT2D eigenvalue weighted by Crippen LogP contribution is 2.26. The second-order valence-electron chi connectivity index (χ2n) is 3.61. The average molecular weight is 211 g/mol. The minimum atomic E-state index is -0.0513. The normalized spacial score (nSPS) is 21.4. The Morgan fingerprint density at radius 1 is 1.79 bits per heavy atom. The molecule has 2 rings (SSSR count). The zero-order chi connectivity index (χ0) is 9.97. The van der Waals surface area contributed by atoms with Crippen LogP contribution in [0, 0.1) is 5.92 Å². The molecule has 3 nitrogen and oxygen atoms in total. The van der Waals surface area contributed by atoms with Crippen molar-refractivity contribution in [1.29, 1.82) is 0 Å². The van der Waals surface area contributed by atoms with Crippen molar-refractivity contribution in [3.8, 4) is 0 Å². The van der Waals surface area contributed by atoms with Crippen LogP contribution in [0.15, 0.2) is 10.6 Å². The summed E-state index contributed by atoms with van der Waals surface area (Å²) in [5.74, 6) is 4.15. The van der Waals surface area contributed by atoms with Gasteiger partial charge in [-0.2, -0.15) is 11.8 Å². The summed E-state index contributed by atoms with van der Waals surface area (Å²) in [4.78, 5) is 15.1. The molecule has 1 fully saturated rings. The molecule has 0 amide bonds. The van der Waals surface area contributed by atoms with Gasteiger partial charge in [-0.1, -0.05) is 0 Å². The lowest BCUT2D eigenvalue weighted by Gasteiger charge is -2.02. The first kappa shape index (κ1) is 9.77. The first-order valence-corrected chi connectivity index (χ1v) is 5.94. The van der Waals surface area contributed by atoms with Gasteiger partial charge in [-0.3, -0.25) is 4.79 Å². The average Bonchev–Trinajstić information content (AvgIpc) is 2.75. The zero-order valence-corrected chi connectivity index (χ0v) is 8.97. The van der Waals surface area contributed by atoms with E-state index in [9.17, 15) is 4.79 Å². The van der Waals surface area contributed by atoms with Crippen molar-refractivity contribution < 1.29 is 9.21 Å². The number of rotatable bonds is 3. The molecule has 14 heavy (non-hydrogen) atoms. The maximum atomic E-state index is 11.0. The van der Waals surface area contributed by atoms with Crippen molar-refractivity contribution in [3.63, 3.8) is 0 Å². The van der Waals surface area contributed by atoms with Gasteiger partial charge in [0.05, 0.1) is 6.20 Å². The molecule has 1 aliphatic rings. The summed E-state index contributed by atoms with van der Waals surface area (Å²) >= 11 is 1.98. The molecule has 1 aromatic rings. The van der Waals surface area contributed by atoms with Crippen LogP contribution in [0.5, 0.6) is 0 Å². The van der Waals surface area contributed by atoms with Gasteiger partial charge < -0.3 is 4.42 Å². The molecule has 1 saturated heterocycles. The molecule has 1 unspecified atom stereocenters. The molecule has 0 N–H and O–H groups in total. The molecule has 2 heterocycles. The maximum absolute atomic E-state index is 11.0. The summed E-state index contributed by atoms with van der Waals surface area (Å²) in [7, 11) is 0. The number of aromatic nitrogens is 1. The number of carbonyl (C=O) groups is 1. The fourth-order valence-electron chi connectivity index (χ4n) is 1.56. The molecule has 1 aromatic heterocycles. The summed E-state index contributed by atoms with van der Waals surface area (Å²) in [5, 5.41) is 0. The summed E-state index contributed by atoms with van der Waals surface area (Å²) in [6.45, 7) is 1.50. The minimum Gasteiger partial charge on any atom is -0.438 e. The number of hydrogen-bond donors (Lipinski definition) is 0. The molecule has 1 aliphatic heterocycles. The molecule has 0 bridgehead atoms. The number of Topliss-reactive ketones (excluding diaryl/α,β-unsaturated/α-hetero) is 1. The van der Waals surface area contributed by atoms with Crippen molar-refractivity contribution in [3.05, 3.63) is 17.8 Å². The summed E-state index contributed by atoms with van der Waals surface area (Å²) in [6.07, 6.45) is 3.64. The lowest BCUT2D eigenvalue weighted by Crippen LogP contribution is -2.02. The quantitative estimate of drug-likeness (QED) is 0.719. The van der Waals surface area contributed by atoms with Crippen molar-refractivity contribution in [2.75, 3.05) is 11.5 Å². The Bertz CT molecular complexity index is 329. The summed E-state index contributed by atoms with van der Waals surface area (Å²) < 4.78 is 5.34. The van der Waals surface area contributed by atoms with Crippen LogP contribution in [0.3, 0.4) is 0 Å². The van der Waals surface area contributed by atoms with Gasteiger partial charge in [0.25, 0.3) is 0 Å². The van der Waals surface area contributed by atoms with Crippen LogP contribution in [0.4, 0.5) is 0 Å². The maximum Gasteiger partial charge on any atom is 0.196 e. The Morgan fingerprint density at radius 3 is 3.21 bits per heavy atom. The van der Waals surface area contributed by atoms with E-state index in [0.29, 0.717) is 17.6 Å². The Morgan fingerprint density at radius 2 is 2.64 bits per heavy atom. The standard InChI is InChI=1S/C10H13NO2S/c1-7(12)9-5-11-10(13-9)4-8-2-3-14-6-8/h5,8H,2-4,6H2,1H3. The summed E-state index contributed by atoms with van der Waals surface area (Å²) in [5.41, 5.74) is 0. The third kappa shape index (κ3) is 2.18. The van der Waals surface area contributed by atoms with E-state index in [4.69, 9.17) is 4.42 Å². The van der Waals surface area contributed by atoms with E-state index in [1.807, 2.05) is 11.8 Å². The molecule has 76 valence electrons.